The molecule has 2 fully saturated rings. The zero-order valence-corrected chi connectivity index (χ0v) is 23.6. The van der Waals surface area contributed by atoms with Crippen molar-refractivity contribution in [3.63, 3.8) is 0 Å². The number of carbonyl (C=O) groups is 1. The fourth-order valence-electron chi connectivity index (χ4n) is 5.99. The molecule has 0 unspecified atom stereocenters. The molecule has 0 aromatic heterocycles. The van der Waals surface area contributed by atoms with Crippen molar-refractivity contribution in [1.82, 2.24) is 10.2 Å². The Balaban J connectivity index is 1.73. The molecular weight excluding hydrogens is 495 g/mol. The van der Waals surface area contributed by atoms with E-state index in [1.165, 1.54) is 6.07 Å². The summed E-state index contributed by atoms with van der Waals surface area (Å²) in [6.07, 6.45) is 6.90. The second-order valence-corrected chi connectivity index (χ2v) is 11.1. The van der Waals surface area contributed by atoms with Gasteiger partial charge in [0.15, 0.2) is 0 Å². The number of nitrogens with one attached hydrogen (secondary N) is 1. The zero-order chi connectivity index (χ0) is 26.8. The maximum atomic E-state index is 15.2. The van der Waals surface area contributed by atoms with Gasteiger partial charge in [0.25, 0.3) is 0 Å². The third-order valence-electron chi connectivity index (χ3n) is 8.28. The van der Waals surface area contributed by atoms with Gasteiger partial charge in [0.2, 0.25) is 5.91 Å². The molecule has 2 saturated heterocycles. The van der Waals surface area contributed by atoms with Crippen LogP contribution in [0.15, 0.2) is 18.2 Å². The van der Waals surface area contributed by atoms with E-state index in [9.17, 15) is 9.90 Å². The lowest BCUT2D eigenvalue weighted by Gasteiger charge is -2.43. The first-order valence-corrected chi connectivity index (χ1v) is 14.5. The number of hydrogen-bond donors (Lipinski definition) is 2. The fraction of sp³-hybridized carbons (Fsp3) is 0.759. The van der Waals surface area contributed by atoms with Crippen LogP contribution in [0.5, 0.6) is 0 Å². The van der Waals surface area contributed by atoms with E-state index in [0.29, 0.717) is 39.0 Å². The van der Waals surface area contributed by atoms with E-state index < -0.39 is 11.4 Å². The summed E-state index contributed by atoms with van der Waals surface area (Å²) >= 11 is 6.11. The smallest absolute Gasteiger partial charge is 0.223 e. The molecule has 0 aliphatic carbocycles. The van der Waals surface area contributed by atoms with Crippen LogP contribution in [-0.2, 0) is 19.9 Å². The van der Waals surface area contributed by atoms with Crippen molar-refractivity contribution in [1.29, 1.82) is 0 Å². The summed E-state index contributed by atoms with van der Waals surface area (Å²) in [6, 6.07) is 4.81. The van der Waals surface area contributed by atoms with Crippen LogP contribution in [0.2, 0.25) is 5.02 Å². The number of piperidine rings is 2. The SMILES string of the molecule is CCC(CC)O[C@@H]1CCNC[C@H]1CC(=O)N1CCC[C@@H]([C@@](O)(CCCCOC)c2cccc(Cl)c2F)C1. The largest absolute Gasteiger partial charge is 0.385 e. The van der Waals surface area contributed by atoms with Crippen LogP contribution in [0.1, 0.15) is 77.2 Å². The highest BCUT2D eigenvalue weighted by molar-refractivity contribution is 6.30. The minimum Gasteiger partial charge on any atom is -0.385 e. The molecule has 0 bridgehead atoms. The Morgan fingerprint density at radius 2 is 2.08 bits per heavy atom. The first-order valence-electron chi connectivity index (χ1n) is 14.1. The molecule has 6 nitrogen and oxygen atoms in total. The van der Waals surface area contributed by atoms with E-state index in [1.54, 1.807) is 19.2 Å². The number of rotatable bonds is 13. The minimum atomic E-state index is -1.41. The summed E-state index contributed by atoms with van der Waals surface area (Å²) in [5, 5.41) is 15.5. The number of benzene rings is 1. The lowest BCUT2D eigenvalue weighted by molar-refractivity contribution is -0.140. The number of hydrogen-bond acceptors (Lipinski definition) is 5. The van der Waals surface area contributed by atoms with Crippen LogP contribution >= 0.6 is 11.6 Å². The molecule has 2 aliphatic rings. The zero-order valence-electron chi connectivity index (χ0n) is 22.8. The van der Waals surface area contributed by atoms with Gasteiger partial charge in [0, 0.05) is 57.2 Å². The Kier molecular flexibility index (Phi) is 12.1. The third-order valence-corrected chi connectivity index (χ3v) is 8.57. The molecule has 1 aromatic rings. The molecule has 2 N–H and O–H groups in total. The number of amides is 1. The molecule has 3 rings (SSSR count). The maximum Gasteiger partial charge on any atom is 0.223 e. The number of methoxy groups -OCH3 is 1. The highest BCUT2D eigenvalue weighted by Gasteiger charge is 2.43. The molecule has 0 radical (unpaired) electrons. The van der Waals surface area contributed by atoms with Crippen molar-refractivity contribution in [3.05, 3.63) is 34.6 Å². The van der Waals surface area contributed by atoms with Crippen molar-refractivity contribution >= 4 is 17.5 Å². The van der Waals surface area contributed by atoms with Gasteiger partial charge in [-0.25, -0.2) is 4.39 Å². The van der Waals surface area contributed by atoms with Crippen molar-refractivity contribution in [2.24, 2.45) is 11.8 Å². The standard InChI is InChI=1S/C29H46ClFN2O4/c1-4-23(5-2)37-26-13-15-32-19-21(26)18-27(34)33-16-9-10-22(20-33)29(35,14-6-7-17-36-3)24-11-8-12-25(30)28(24)31/h8,11-12,21-23,26,32,35H,4-7,9-10,13-20H2,1-3H3/t21-,22-,26-,29+/m1/s1. The van der Waals surface area contributed by atoms with Gasteiger partial charge in [-0.3, -0.25) is 4.79 Å². The molecular formula is C29H46ClFN2O4. The number of ether oxygens (including phenoxy) is 2. The first-order chi connectivity index (χ1) is 17.8. The summed E-state index contributed by atoms with van der Waals surface area (Å²) in [4.78, 5) is 15.4. The highest BCUT2D eigenvalue weighted by atomic mass is 35.5. The molecule has 210 valence electrons. The van der Waals surface area contributed by atoms with E-state index in [2.05, 4.69) is 19.2 Å². The summed E-state index contributed by atoms with van der Waals surface area (Å²) < 4.78 is 26.7. The Morgan fingerprint density at radius 3 is 2.81 bits per heavy atom. The molecule has 1 aromatic carbocycles. The van der Waals surface area contributed by atoms with Gasteiger partial charge in [-0.15, -0.1) is 0 Å². The van der Waals surface area contributed by atoms with Crippen molar-refractivity contribution < 1.29 is 23.8 Å². The first kappa shape index (κ1) is 30.3. The average Bonchev–Trinajstić information content (AvgIpc) is 2.92. The predicted molar refractivity (Wildman–Crippen MR) is 145 cm³/mol. The van der Waals surface area contributed by atoms with Crippen LogP contribution in [-0.4, -0.2) is 68.0 Å². The normalized spacial score (nSPS) is 24.3. The van der Waals surface area contributed by atoms with Crippen LogP contribution in [0.4, 0.5) is 4.39 Å². The second-order valence-electron chi connectivity index (χ2n) is 10.7. The Hall–Kier alpha value is -1.25. The molecule has 4 atom stereocenters. The van der Waals surface area contributed by atoms with E-state index in [-0.39, 0.29) is 40.5 Å². The topological polar surface area (TPSA) is 71.0 Å². The van der Waals surface area contributed by atoms with Crippen molar-refractivity contribution in [2.75, 3.05) is 39.9 Å². The van der Waals surface area contributed by atoms with Crippen LogP contribution in [0, 0.1) is 17.7 Å². The monoisotopic (exact) mass is 540 g/mol. The van der Waals surface area contributed by atoms with Gasteiger partial charge in [0.1, 0.15) is 5.82 Å². The van der Waals surface area contributed by atoms with Gasteiger partial charge in [0.05, 0.1) is 22.8 Å². The van der Waals surface area contributed by atoms with Crippen LogP contribution < -0.4 is 5.32 Å². The van der Waals surface area contributed by atoms with E-state index in [1.807, 2.05) is 4.90 Å². The number of nitrogens with zero attached hydrogens (tertiary/aromatic N) is 1. The lowest BCUT2D eigenvalue weighted by Crippen LogP contribution is -2.50. The van der Waals surface area contributed by atoms with Crippen LogP contribution in [0.3, 0.4) is 0 Å². The Morgan fingerprint density at radius 1 is 1.30 bits per heavy atom. The average molecular weight is 541 g/mol. The third kappa shape index (κ3) is 7.89. The second kappa shape index (κ2) is 14.8. The number of aliphatic hydroxyl groups is 1. The van der Waals surface area contributed by atoms with Crippen molar-refractivity contribution in [3.8, 4) is 0 Å². The Bertz CT molecular complexity index is 855. The van der Waals surface area contributed by atoms with Crippen LogP contribution in [0.25, 0.3) is 0 Å². The van der Waals surface area contributed by atoms with Crippen molar-refractivity contribution in [2.45, 2.75) is 89.4 Å². The van der Waals surface area contributed by atoms with Gasteiger partial charge in [-0.1, -0.05) is 37.6 Å². The summed E-state index contributed by atoms with van der Waals surface area (Å²) in [7, 11) is 1.65. The molecule has 2 aliphatic heterocycles. The quantitative estimate of drug-likeness (QED) is 0.332. The predicted octanol–water partition coefficient (Wildman–Crippen LogP) is 5.30. The molecule has 0 spiro atoms. The maximum absolute atomic E-state index is 15.2. The van der Waals surface area contributed by atoms with E-state index >= 15 is 4.39 Å². The van der Waals surface area contributed by atoms with Gasteiger partial charge in [-0.2, -0.15) is 0 Å². The molecule has 37 heavy (non-hydrogen) atoms. The van der Waals surface area contributed by atoms with Gasteiger partial charge < -0.3 is 24.8 Å². The molecule has 0 saturated carbocycles. The van der Waals surface area contributed by atoms with E-state index in [0.717, 1.165) is 51.6 Å². The number of likely N-dealkylation sites (tertiary alicyclic amines) is 1. The number of carbonyl (C=O) groups excluding carboxylic acids is 1. The van der Waals surface area contributed by atoms with Gasteiger partial charge in [-0.05, 0) is 64.0 Å². The van der Waals surface area contributed by atoms with Gasteiger partial charge >= 0.3 is 0 Å². The fourth-order valence-corrected chi connectivity index (χ4v) is 6.17. The summed E-state index contributed by atoms with van der Waals surface area (Å²) in [5.74, 6) is -0.635. The number of unbranched alkanes of at least 4 members (excludes halogenated alkanes) is 1. The summed E-state index contributed by atoms with van der Waals surface area (Å²) in [6.45, 7) is 7.60. The minimum absolute atomic E-state index is 0.00450. The molecule has 1 amide bonds. The molecule has 2 heterocycles. The summed E-state index contributed by atoms with van der Waals surface area (Å²) in [5.41, 5.74) is -1.18. The molecule has 8 heteroatoms. The Labute approximate surface area is 227 Å². The van der Waals surface area contributed by atoms with E-state index in [4.69, 9.17) is 21.1 Å². The number of halogens is 2. The lowest BCUT2D eigenvalue weighted by atomic mass is 9.73. The highest BCUT2D eigenvalue weighted by Crippen LogP contribution is 2.42.